The second-order valence-corrected chi connectivity index (χ2v) is 7.98. The zero-order valence-corrected chi connectivity index (χ0v) is 18.0. The Balaban J connectivity index is 1.81. The van der Waals surface area contributed by atoms with Gasteiger partial charge in [0.05, 0.1) is 37.1 Å². The summed E-state index contributed by atoms with van der Waals surface area (Å²) < 4.78 is 4.82. The maximum absolute atomic E-state index is 13.0. The van der Waals surface area contributed by atoms with Crippen LogP contribution in [0.15, 0.2) is 35.5 Å². The molecule has 3 rings (SSSR count). The fourth-order valence-corrected chi connectivity index (χ4v) is 4.14. The SMILES string of the molecule is COC(=O)C1=C(Nc2ccccc2C(=O)NC2CCCCCCC2)C(=O)N(CCO)C1. The van der Waals surface area contributed by atoms with E-state index in [0.717, 1.165) is 25.7 Å². The number of aliphatic hydroxyl groups excluding tert-OH is 1. The first-order valence-corrected chi connectivity index (χ1v) is 10.9. The van der Waals surface area contributed by atoms with Gasteiger partial charge in [-0.05, 0) is 25.0 Å². The van der Waals surface area contributed by atoms with Crippen molar-refractivity contribution in [1.82, 2.24) is 10.2 Å². The molecule has 8 heteroatoms. The standard InChI is InChI=1S/C23H31N3O5/c1-31-23(30)18-15-26(13-14-27)22(29)20(18)25-19-12-8-7-11-17(19)21(28)24-16-9-5-3-2-4-6-10-16/h7-8,11-12,16,25,27H,2-6,9-10,13-15H2,1H3,(H,24,28). The fourth-order valence-electron chi connectivity index (χ4n) is 4.14. The van der Waals surface area contributed by atoms with Crippen molar-refractivity contribution >= 4 is 23.5 Å². The molecular formula is C23H31N3O5. The number of nitrogens with one attached hydrogen (secondary N) is 2. The van der Waals surface area contributed by atoms with Gasteiger partial charge in [-0.15, -0.1) is 0 Å². The van der Waals surface area contributed by atoms with Crippen molar-refractivity contribution < 1.29 is 24.2 Å². The minimum atomic E-state index is -0.618. The van der Waals surface area contributed by atoms with E-state index in [1.807, 2.05) is 0 Å². The molecule has 1 aromatic rings. The molecule has 0 spiro atoms. The van der Waals surface area contributed by atoms with Crippen molar-refractivity contribution in [1.29, 1.82) is 0 Å². The first-order chi connectivity index (χ1) is 15.0. The molecule has 2 aliphatic rings. The molecule has 0 bridgehead atoms. The second kappa shape index (κ2) is 10.9. The third kappa shape index (κ3) is 5.64. The number of para-hydroxylation sites is 1. The molecule has 0 radical (unpaired) electrons. The Morgan fingerprint density at radius 1 is 1.13 bits per heavy atom. The average Bonchev–Trinajstić information content (AvgIpc) is 3.05. The van der Waals surface area contributed by atoms with Crippen LogP contribution >= 0.6 is 0 Å². The van der Waals surface area contributed by atoms with Gasteiger partial charge in [0.25, 0.3) is 11.8 Å². The highest BCUT2D eigenvalue weighted by molar-refractivity contribution is 6.09. The van der Waals surface area contributed by atoms with Crippen LogP contribution in [0, 0.1) is 0 Å². The predicted octanol–water partition coefficient (Wildman–Crippen LogP) is 2.20. The van der Waals surface area contributed by atoms with Gasteiger partial charge in [0.2, 0.25) is 0 Å². The summed E-state index contributed by atoms with van der Waals surface area (Å²) in [4.78, 5) is 39.4. The molecule has 31 heavy (non-hydrogen) atoms. The van der Waals surface area contributed by atoms with E-state index >= 15 is 0 Å². The maximum Gasteiger partial charge on any atom is 0.337 e. The van der Waals surface area contributed by atoms with Gasteiger partial charge in [-0.25, -0.2) is 4.79 Å². The number of hydrogen-bond donors (Lipinski definition) is 3. The predicted molar refractivity (Wildman–Crippen MR) is 116 cm³/mol. The van der Waals surface area contributed by atoms with Crippen LogP contribution in [0.3, 0.4) is 0 Å². The first-order valence-electron chi connectivity index (χ1n) is 10.9. The number of nitrogens with zero attached hydrogens (tertiary/aromatic N) is 1. The van der Waals surface area contributed by atoms with Crippen molar-refractivity contribution in [3.63, 3.8) is 0 Å². The molecule has 0 aromatic heterocycles. The molecule has 1 aromatic carbocycles. The van der Waals surface area contributed by atoms with Crippen LogP contribution in [-0.4, -0.2) is 60.6 Å². The van der Waals surface area contributed by atoms with Crippen molar-refractivity contribution in [3.05, 3.63) is 41.1 Å². The van der Waals surface area contributed by atoms with E-state index < -0.39 is 11.9 Å². The van der Waals surface area contributed by atoms with E-state index in [1.165, 1.54) is 31.3 Å². The minimum absolute atomic E-state index is 0.0465. The highest BCUT2D eigenvalue weighted by Crippen LogP contribution is 2.25. The van der Waals surface area contributed by atoms with E-state index in [0.29, 0.717) is 11.3 Å². The number of ether oxygens (including phenoxy) is 1. The molecule has 0 saturated heterocycles. The van der Waals surface area contributed by atoms with Gasteiger partial charge in [-0.2, -0.15) is 0 Å². The van der Waals surface area contributed by atoms with E-state index in [2.05, 4.69) is 10.6 Å². The Bertz CT molecular complexity index is 843. The number of carbonyl (C=O) groups excluding carboxylic acids is 3. The van der Waals surface area contributed by atoms with Crippen LogP contribution in [-0.2, 0) is 14.3 Å². The number of rotatable bonds is 7. The number of amides is 2. The van der Waals surface area contributed by atoms with Crippen molar-refractivity contribution in [3.8, 4) is 0 Å². The van der Waals surface area contributed by atoms with Crippen LogP contribution in [0.5, 0.6) is 0 Å². The molecule has 2 amide bonds. The summed E-state index contributed by atoms with van der Waals surface area (Å²) in [7, 11) is 1.25. The Kier molecular flexibility index (Phi) is 8.06. The summed E-state index contributed by atoms with van der Waals surface area (Å²) in [6.45, 7) is -0.0625. The summed E-state index contributed by atoms with van der Waals surface area (Å²) in [6.07, 6.45) is 7.79. The quantitative estimate of drug-likeness (QED) is 0.574. The molecular weight excluding hydrogens is 398 g/mol. The Morgan fingerprint density at radius 2 is 1.81 bits per heavy atom. The van der Waals surface area contributed by atoms with Crippen LogP contribution in [0.2, 0.25) is 0 Å². The molecule has 1 fully saturated rings. The Morgan fingerprint density at radius 3 is 2.48 bits per heavy atom. The van der Waals surface area contributed by atoms with Gasteiger partial charge in [0.15, 0.2) is 0 Å². The largest absolute Gasteiger partial charge is 0.466 e. The maximum atomic E-state index is 13.0. The topological polar surface area (TPSA) is 108 Å². The second-order valence-electron chi connectivity index (χ2n) is 7.98. The van der Waals surface area contributed by atoms with E-state index in [9.17, 15) is 19.5 Å². The lowest BCUT2D eigenvalue weighted by Gasteiger charge is -2.22. The lowest BCUT2D eigenvalue weighted by molar-refractivity contribution is -0.136. The smallest absolute Gasteiger partial charge is 0.337 e. The summed E-state index contributed by atoms with van der Waals surface area (Å²) >= 11 is 0. The fraction of sp³-hybridized carbons (Fsp3) is 0.522. The number of anilines is 1. The number of methoxy groups -OCH3 is 1. The highest BCUT2D eigenvalue weighted by Gasteiger charge is 2.35. The minimum Gasteiger partial charge on any atom is -0.466 e. The third-order valence-corrected chi connectivity index (χ3v) is 5.83. The van der Waals surface area contributed by atoms with E-state index in [-0.39, 0.29) is 42.9 Å². The zero-order chi connectivity index (χ0) is 22.2. The molecule has 0 atom stereocenters. The van der Waals surface area contributed by atoms with Crippen LogP contribution < -0.4 is 10.6 Å². The lowest BCUT2D eigenvalue weighted by atomic mass is 9.96. The molecule has 8 nitrogen and oxygen atoms in total. The van der Waals surface area contributed by atoms with Gasteiger partial charge in [-0.1, -0.05) is 44.2 Å². The van der Waals surface area contributed by atoms with E-state index in [4.69, 9.17) is 4.74 Å². The lowest BCUT2D eigenvalue weighted by Crippen LogP contribution is -2.35. The average molecular weight is 430 g/mol. The number of β-amino-alcohol motifs (C(OH)–C–C–N with tert-alkyl or cyclic N) is 1. The Hall–Kier alpha value is -2.87. The molecule has 1 heterocycles. The summed E-state index contributed by atoms with van der Waals surface area (Å²) in [5.74, 6) is -1.23. The first kappa shape index (κ1) is 22.8. The van der Waals surface area contributed by atoms with Gasteiger partial charge in [-0.3, -0.25) is 9.59 Å². The molecule has 1 saturated carbocycles. The van der Waals surface area contributed by atoms with Crippen LogP contribution in [0.1, 0.15) is 55.3 Å². The molecule has 1 aliphatic heterocycles. The third-order valence-electron chi connectivity index (χ3n) is 5.83. The van der Waals surface area contributed by atoms with E-state index in [1.54, 1.807) is 24.3 Å². The van der Waals surface area contributed by atoms with Crippen LogP contribution in [0.4, 0.5) is 5.69 Å². The van der Waals surface area contributed by atoms with Crippen molar-refractivity contribution in [2.24, 2.45) is 0 Å². The van der Waals surface area contributed by atoms with Crippen molar-refractivity contribution in [2.45, 2.75) is 51.0 Å². The number of carbonyl (C=O) groups is 3. The number of esters is 1. The monoisotopic (exact) mass is 429 g/mol. The van der Waals surface area contributed by atoms with Crippen LogP contribution in [0.25, 0.3) is 0 Å². The summed E-state index contributed by atoms with van der Waals surface area (Å²) in [6, 6.07) is 7.07. The summed E-state index contributed by atoms with van der Waals surface area (Å²) in [5, 5.41) is 15.3. The zero-order valence-electron chi connectivity index (χ0n) is 18.0. The highest BCUT2D eigenvalue weighted by atomic mass is 16.5. The summed E-state index contributed by atoms with van der Waals surface area (Å²) in [5.41, 5.74) is 1.11. The molecule has 0 unspecified atom stereocenters. The van der Waals surface area contributed by atoms with Gasteiger partial charge in [0, 0.05) is 12.6 Å². The van der Waals surface area contributed by atoms with Gasteiger partial charge in [0.1, 0.15) is 5.70 Å². The number of hydrogen-bond acceptors (Lipinski definition) is 6. The van der Waals surface area contributed by atoms with Crippen molar-refractivity contribution in [2.75, 3.05) is 32.1 Å². The number of benzene rings is 1. The Labute approximate surface area is 182 Å². The molecule has 1 aliphatic carbocycles. The van der Waals surface area contributed by atoms with Gasteiger partial charge < -0.3 is 25.4 Å². The van der Waals surface area contributed by atoms with Gasteiger partial charge >= 0.3 is 5.97 Å². The normalized spacial score (nSPS) is 17.9. The number of aliphatic hydroxyl groups is 1. The molecule has 168 valence electrons. The molecule has 3 N–H and O–H groups in total.